The molecule has 8 heteroatoms. The lowest BCUT2D eigenvalue weighted by atomic mass is 10.0. The summed E-state index contributed by atoms with van der Waals surface area (Å²) in [5.41, 5.74) is 4.83. The van der Waals surface area contributed by atoms with E-state index in [2.05, 4.69) is 16.0 Å². The van der Waals surface area contributed by atoms with Gasteiger partial charge in [-0.25, -0.2) is 9.48 Å². The van der Waals surface area contributed by atoms with Crippen molar-refractivity contribution in [1.29, 1.82) is 0 Å². The zero-order chi connectivity index (χ0) is 25.8. The number of urea groups is 1. The van der Waals surface area contributed by atoms with Crippen LogP contribution < -0.4 is 10.1 Å². The van der Waals surface area contributed by atoms with Gasteiger partial charge in [0.1, 0.15) is 11.6 Å². The van der Waals surface area contributed by atoms with Gasteiger partial charge in [0, 0.05) is 31.5 Å². The van der Waals surface area contributed by atoms with E-state index in [1.165, 1.54) is 0 Å². The molecule has 0 radical (unpaired) electrons. The van der Waals surface area contributed by atoms with Gasteiger partial charge in [0.25, 0.3) is 0 Å². The number of hydrogen-bond donors (Lipinski definition) is 1. The number of carbonyl (C=O) groups excluding carboxylic acids is 1. The summed E-state index contributed by atoms with van der Waals surface area (Å²) < 4.78 is 15.1. The van der Waals surface area contributed by atoms with Crippen LogP contribution in [0.25, 0.3) is 11.5 Å². The third-order valence-corrected chi connectivity index (χ3v) is 6.70. The first-order valence-corrected chi connectivity index (χ1v) is 12.7. The Morgan fingerprint density at radius 3 is 2.73 bits per heavy atom. The van der Waals surface area contributed by atoms with E-state index in [4.69, 9.17) is 14.6 Å². The number of aryl methyl sites for hydroxylation is 1. The van der Waals surface area contributed by atoms with Crippen LogP contribution in [0.15, 0.2) is 72.9 Å². The van der Waals surface area contributed by atoms with Crippen molar-refractivity contribution in [2.45, 2.75) is 32.9 Å². The average molecular weight is 500 g/mol. The van der Waals surface area contributed by atoms with E-state index in [1.807, 2.05) is 90.3 Å². The standard InChI is InChI=1S/C29H33N5O3/c1-4-37-18-10-16-30-29(35)33-20-25-21(2)31-34(23-12-6-5-7-13-23)28(25)32-17-9-15-26(32)27(33)22-11-8-14-24(19-22)36-3/h5-9,11-15,17,19,27H,4,10,16,18,20H2,1-3H3,(H,30,35). The topological polar surface area (TPSA) is 73.5 Å². The molecule has 1 N–H and O–H groups in total. The van der Waals surface area contributed by atoms with Gasteiger partial charge in [0.15, 0.2) is 0 Å². The summed E-state index contributed by atoms with van der Waals surface area (Å²) in [5, 5.41) is 8.02. The van der Waals surface area contributed by atoms with Crippen molar-refractivity contribution >= 4 is 6.03 Å². The van der Waals surface area contributed by atoms with Crippen LogP contribution in [-0.2, 0) is 11.3 Å². The minimum atomic E-state index is -0.326. The second kappa shape index (κ2) is 10.9. The zero-order valence-electron chi connectivity index (χ0n) is 21.6. The maximum absolute atomic E-state index is 13.8. The van der Waals surface area contributed by atoms with Gasteiger partial charge in [-0.05, 0) is 62.2 Å². The predicted molar refractivity (Wildman–Crippen MR) is 143 cm³/mol. The molecule has 2 amide bonds. The second-order valence-electron chi connectivity index (χ2n) is 9.03. The van der Waals surface area contributed by atoms with Crippen molar-refractivity contribution in [2.24, 2.45) is 0 Å². The molecule has 1 unspecified atom stereocenters. The monoisotopic (exact) mass is 499 g/mol. The van der Waals surface area contributed by atoms with Crippen molar-refractivity contribution in [2.75, 3.05) is 26.9 Å². The summed E-state index contributed by atoms with van der Waals surface area (Å²) in [5.74, 6) is 1.70. The van der Waals surface area contributed by atoms with Crippen molar-refractivity contribution < 1.29 is 14.3 Å². The summed E-state index contributed by atoms with van der Waals surface area (Å²) in [7, 11) is 1.66. The highest BCUT2D eigenvalue weighted by molar-refractivity contribution is 5.76. The molecule has 0 saturated carbocycles. The van der Waals surface area contributed by atoms with Crippen LogP contribution in [-0.4, -0.2) is 52.1 Å². The lowest BCUT2D eigenvalue weighted by molar-refractivity contribution is 0.143. The Labute approximate surface area is 217 Å². The minimum absolute atomic E-state index is 0.128. The number of nitrogens with zero attached hydrogens (tertiary/aromatic N) is 4. The Morgan fingerprint density at radius 2 is 1.95 bits per heavy atom. The van der Waals surface area contributed by atoms with Gasteiger partial charge in [-0.2, -0.15) is 5.10 Å². The fourth-order valence-electron chi connectivity index (χ4n) is 4.93. The number of fused-ring (bicyclic) bond motifs is 3. The van der Waals surface area contributed by atoms with Crippen LogP contribution in [0.2, 0.25) is 0 Å². The molecular weight excluding hydrogens is 466 g/mol. The van der Waals surface area contributed by atoms with E-state index < -0.39 is 0 Å². The molecule has 0 fully saturated rings. The number of carbonyl (C=O) groups is 1. The van der Waals surface area contributed by atoms with Gasteiger partial charge in [0.05, 0.1) is 36.8 Å². The molecule has 4 aromatic rings. The smallest absolute Gasteiger partial charge is 0.318 e. The second-order valence-corrected chi connectivity index (χ2v) is 9.03. The fourth-order valence-corrected chi connectivity index (χ4v) is 4.93. The van der Waals surface area contributed by atoms with Crippen LogP contribution in [0.1, 0.15) is 41.9 Å². The largest absolute Gasteiger partial charge is 0.497 e. The Hall–Kier alpha value is -4.04. The van der Waals surface area contributed by atoms with Gasteiger partial charge in [0.2, 0.25) is 0 Å². The van der Waals surface area contributed by atoms with Crippen LogP contribution in [0, 0.1) is 6.92 Å². The molecule has 0 bridgehead atoms. The first-order valence-electron chi connectivity index (χ1n) is 12.7. The number of rotatable bonds is 8. The van der Waals surface area contributed by atoms with E-state index >= 15 is 0 Å². The Bertz CT molecular complexity index is 1360. The number of amides is 2. The SMILES string of the molecule is CCOCCCNC(=O)N1Cc2c(C)nn(-c3ccccc3)c2-n2cccc2C1c1cccc(OC)c1. The van der Waals surface area contributed by atoms with Crippen molar-refractivity contribution in [3.05, 3.63) is 95.4 Å². The number of methoxy groups -OCH3 is 1. The fraction of sp³-hybridized carbons (Fsp3) is 0.310. The first kappa shape index (κ1) is 24.6. The molecular formula is C29H33N5O3. The molecule has 37 heavy (non-hydrogen) atoms. The molecule has 8 nitrogen and oxygen atoms in total. The number of aromatic nitrogens is 3. The Balaban J connectivity index is 1.62. The lowest BCUT2D eigenvalue weighted by Gasteiger charge is -2.31. The number of ether oxygens (including phenoxy) is 2. The summed E-state index contributed by atoms with van der Waals surface area (Å²) >= 11 is 0. The van der Waals surface area contributed by atoms with E-state index in [1.54, 1.807) is 7.11 Å². The molecule has 1 aliphatic rings. The molecule has 2 aromatic heterocycles. The van der Waals surface area contributed by atoms with Gasteiger partial charge < -0.3 is 24.3 Å². The quantitative estimate of drug-likeness (QED) is 0.346. The first-order chi connectivity index (χ1) is 18.1. The molecule has 2 aromatic carbocycles. The van der Waals surface area contributed by atoms with Gasteiger partial charge in [-0.3, -0.25) is 0 Å². The van der Waals surface area contributed by atoms with Crippen molar-refractivity contribution in [1.82, 2.24) is 24.6 Å². The Morgan fingerprint density at radius 1 is 1.11 bits per heavy atom. The summed E-state index contributed by atoms with van der Waals surface area (Å²) in [4.78, 5) is 15.7. The van der Waals surface area contributed by atoms with Crippen molar-refractivity contribution in [3.63, 3.8) is 0 Å². The lowest BCUT2D eigenvalue weighted by Crippen LogP contribution is -2.42. The normalized spacial score (nSPS) is 14.6. The van der Waals surface area contributed by atoms with Crippen LogP contribution in [0.5, 0.6) is 5.75 Å². The number of para-hydroxylation sites is 1. The summed E-state index contributed by atoms with van der Waals surface area (Å²) in [6, 6.07) is 21.7. The van der Waals surface area contributed by atoms with Crippen LogP contribution in [0.3, 0.4) is 0 Å². The molecule has 5 rings (SSSR count). The number of hydrogen-bond acceptors (Lipinski definition) is 4. The third kappa shape index (κ3) is 4.84. The maximum atomic E-state index is 13.8. The highest BCUT2D eigenvalue weighted by Gasteiger charge is 2.36. The number of benzene rings is 2. The van der Waals surface area contributed by atoms with E-state index in [-0.39, 0.29) is 12.1 Å². The summed E-state index contributed by atoms with van der Waals surface area (Å²) in [6.45, 7) is 6.21. The van der Waals surface area contributed by atoms with Gasteiger partial charge >= 0.3 is 6.03 Å². The number of nitrogens with one attached hydrogen (secondary N) is 1. The molecule has 0 aliphatic carbocycles. The summed E-state index contributed by atoms with van der Waals surface area (Å²) in [6.07, 6.45) is 2.80. The van der Waals surface area contributed by atoms with Gasteiger partial charge in [-0.15, -0.1) is 0 Å². The maximum Gasteiger partial charge on any atom is 0.318 e. The molecule has 192 valence electrons. The average Bonchev–Trinajstić information content (AvgIpc) is 3.49. The molecule has 0 saturated heterocycles. The highest BCUT2D eigenvalue weighted by Crippen LogP contribution is 2.39. The minimum Gasteiger partial charge on any atom is -0.497 e. The van der Waals surface area contributed by atoms with E-state index in [9.17, 15) is 4.79 Å². The zero-order valence-corrected chi connectivity index (χ0v) is 21.6. The van der Waals surface area contributed by atoms with Crippen LogP contribution in [0.4, 0.5) is 4.79 Å². The molecule has 1 atom stereocenters. The Kier molecular flexibility index (Phi) is 7.28. The van der Waals surface area contributed by atoms with Crippen LogP contribution >= 0.6 is 0 Å². The predicted octanol–water partition coefficient (Wildman–Crippen LogP) is 5.02. The van der Waals surface area contributed by atoms with E-state index in [0.29, 0.717) is 26.3 Å². The highest BCUT2D eigenvalue weighted by atomic mass is 16.5. The third-order valence-electron chi connectivity index (χ3n) is 6.70. The molecule has 1 aliphatic heterocycles. The van der Waals surface area contributed by atoms with E-state index in [0.717, 1.165) is 46.2 Å². The molecule has 0 spiro atoms. The van der Waals surface area contributed by atoms with Gasteiger partial charge in [-0.1, -0.05) is 30.3 Å². The molecule has 3 heterocycles. The van der Waals surface area contributed by atoms with Crippen molar-refractivity contribution in [3.8, 4) is 17.3 Å².